The fourth-order valence-electron chi connectivity index (χ4n) is 1.63. The summed E-state index contributed by atoms with van der Waals surface area (Å²) in [5.74, 6) is -4.22. The van der Waals surface area contributed by atoms with E-state index in [1.54, 1.807) is 0 Å². The average molecular weight is 220 g/mol. The molecule has 1 fully saturated rings. The molecule has 0 aromatic carbocycles. The van der Waals surface area contributed by atoms with Gasteiger partial charge in [-0.2, -0.15) is 0 Å². The van der Waals surface area contributed by atoms with Crippen LogP contribution in [-0.4, -0.2) is 41.0 Å². The predicted molar refractivity (Wildman–Crippen MR) is 47.3 cm³/mol. The van der Waals surface area contributed by atoms with Crippen molar-refractivity contribution in [2.45, 2.75) is 24.9 Å². The highest BCUT2D eigenvalue weighted by Crippen LogP contribution is 2.27. The van der Waals surface area contributed by atoms with E-state index in [1.165, 1.54) is 0 Å². The van der Waals surface area contributed by atoms with Crippen molar-refractivity contribution in [3.8, 4) is 0 Å². The van der Waals surface area contributed by atoms with Gasteiger partial charge in [0.15, 0.2) is 0 Å². The van der Waals surface area contributed by atoms with Gasteiger partial charge in [0.1, 0.15) is 0 Å². The highest BCUT2D eigenvalue weighted by molar-refractivity contribution is 6.01. The molecule has 1 heterocycles. The highest BCUT2D eigenvalue weighted by Gasteiger charge is 2.49. The summed E-state index contributed by atoms with van der Waals surface area (Å²) in [4.78, 5) is 21.1. The Labute approximate surface area is 85.8 Å². The molecule has 0 aromatic heterocycles. The molecular weight excluding hydrogens is 207 g/mol. The number of alkyl halides is 1. The first kappa shape index (κ1) is 11.9. The van der Waals surface area contributed by atoms with Crippen molar-refractivity contribution < 1.29 is 28.9 Å². The van der Waals surface area contributed by atoms with Crippen LogP contribution in [0, 0.1) is 5.92 Å². The van der Waals surface area contributed by atoms with E-state index in [1.807, 2.05) is 0 Å². The van der Waals surface area contributed by atoms with Crippen LogP contribution >= 0.6 is 0 Å². The molecule has 1 aliphatic rings. The molecule has 0 radical (unpaired) electrons. The molecule has 0 spiro atoms. The van der Waals surface area contributed by atoms with Crippen LogP contribution in [0.25, 0.3) is 0 Å². The molecule has 1 rings (SSSR count). The quantitative estimate of drug-likeness (QED) is 0.680. The van der Waals surface area contributed by atoms with E-state index in [0.29, 0.717) is 19.4 Å². The maximum Gasteiger partial charge on any atom is 0.353 e. The zero-order valence-electron chi connectivity index (χ0n) is 8.11. The van der Waals surface area contributed by atoms with Crippen LogP contribution in [-0.2, 0) is 14.3 Å². The van der Waals surface area contributed by atoms with E-state index in [4.69, 9.17) is 14.9 Å². The molecule has 0 aromatic rings. The lowest BCUT2D eigenvalue weighted by Gasteiger charge is -2.26. The smallest absolute Gasteiger partial charge is 0.353 e. The first-order valence-corrected chi connectivity index (χ1v) is 4.70. The Bertz CT molecular complexity index is 245. The van der Waals surface area contributed by atoms with Crippen LogP contribution in [0.3, 0.4) is 0 Å². The summed E-state index contributed by atoms with van der Waals surface area (Å²) in [7, 11) is 0. The number of hydrogen-bond donors (Lipinski definition) is 2. The second-order valence-electron chi connectivity index (χ2n) is 3.70. The van der Waals surface area contributed by atoms with Crippen molar-refractivity contribution in [1.29, 1.82) is 0 Å². The average Bonchev–Trinajstić information content (AvgIpc) is 2.18. The minimum absolute atomic E-state index is 0.228. The molecule has 0 saturated carbocycles. The van der Waals surface area contributed by atoms with Gasteiger partial charge >= 0.3 is 17.6 Å². The monoisotopic (exact) mass is 220 g/mol. The molecule has 1 atom stereocenters. The summed E-state index contributed by atoms with van der Waals surface area (Å²) in [5.41, 5.74) is -3.19. The van der Waals surface area contributed by atoms with Crippen LogP contribution in [0.15, 0.2) is 0 Å². The first-order chi connectivity index (χ1) is 6.97. The zero-order chi connectivity index (χ0) is 11.5. The Morgan fingerprint density at radius 2 is 2.00 bits per heavy atom. The van der Waals surface area contributed by atoms with E-state index < -0.39 is 24.0 Å². The summed E-state index contributed by atoms with van der Waals surface area (Å²) in [6.45, 7) is 0.794. The van der Waals surface area contributed by atoms with Gasteiger partial charge in [-0.25, -0.2) is 14.0 Å². The number of carbonyl (C=O) groups is 2. The van der Waals surface area contributed by atoms with E-state index >= 15 is 0 Å². The van der Waals surface area contributed by atoms with Crippen molar-refractivity contribution in [2.75, 3.05) is 13.2 Å². The molecule has 1 saturated heterocycles. The third-order valence-electron chi connectivity index (χ3n) is 2.50. The van der Waals surface area contributed by atoms with Gasteiger partial charge in [0, 0.05) is 19.6 Å². The summed E-state index contributed by atoms with van der Waals surface area (Å²) < 4.78 is 18.6. The SMILES string of the molecule is O=C(O)C(F)(C[C@H]1CCCOC1)C(=O)O. The molecule has 0 aliphatic carbocycles. The fraction of sp³-hybridized carbons (Fsp3) is 0.778. The van der Waals surface area contributed by atoms with Crippen LogP contribution in [0.1, 0.15) is 19.3 Å². The summed E-state index contributed by atoms with van der Waals surface area (Å²) in [6, 6.07) is 0. The lowest BCUT2D eigenvalue weighted by atomic mass is 9.88. The number of rotatable bonds is 4. The van der Waals surface area contributed by atoms with Gasteiger partial charge in [0.05, 0.1) is 0 Å². The van der Waals surface area contributed by atoms with Crippen molar-refractivity contribution in [3.63, 3.8) is 0 Å². The second-order valence-corrected chi connectivity index (χ2v) is 3.70. The van der Waals surface area contributed by atoms with Gasteiger partial charge in [0.25, 0.3) is 0 Å². The van der Waals surface area contributed by atoms with Crippen molar-refractivity contribution >= 4 is 11.9 Å². The minimum Gasteiger partial charge on any atom is -0.478 e. The molecular formula is C9H13FO5. The Kier molecular flexibility index (Phi) is 3.62. The molecule has 5 nitrogen and oxygen atoms in total. The fourth-order valence-corrected chi connectivity index (χ4v) is 1.63. The largest absolute Gasteiger partial charge is 0.478 e. The van der Waals surface area contributed by atoms with Gasteiger partial charge in [-0.05, 0) is 18.8 Å². The molecule has 0 bridgehead atoms. The maximum atomic E-state index is 13.6. The van der Waals surface area contributed by atoms with Gasteiger partial charge in [-0.3, -0.25) is 0 Å². The van der Waals surface area contributed by atoms with Gasteiger partial charge in [-0.1, -0.05) is 0 Å². The van der Waals surface area contributed by atoms with Gasteiger partial charge < -0.3 is 14.9 Å². The lowest BCUT2D eigenvalue weighted by Crippen LogP contribution is -2.44. The normalized spacial score (nSPS) is 22.3. The van der Waals surface area contributed by atoms with Crippen molar-refractivity contribution in [1.82, 2.24) is 0 Å². The standard InChI is InChI=1S/C9H13FO5/c10-9(7(11)12,8(13)14)4-6-2-1-3-15-5-6/h6H,1-5H2,(H,11,12)(H,13,14)/t6-/m1/s1. The van der Waals surface area contributed by atoms with Crippen LogP contribution in [0.4, 0.5) is 4.39 Å². The van der Waals surface area contributed by atoms with Crippen molar-refractivity contribution in [2.24, 2.45) is 5.92 Å². The third kappa shape index (κ3) is 2.65. The molecule has 6 heteroatoms. The lowest BCUT2D eigenvalue weighted by molar-refractivity contribution is -0.169. The molecule has 86 valence electrons. The predicted octanol–water partition coefficient (Wildman–Crippen LogP) is 0.681. The van der Waals surface area contributed by atoms with Crippen molar-refractivity contribution in [3.05, 3.63) is 0 Å². The van der Waals surface area contributed by atoms with E-state index in [9.17, 15) is 14.0 Å². The number of carboxylic acid groups (broad SMARTS) is 2. The summed E-state index contributed by atoms with van der Waals surface area (Å²) in [6.07, 6.45) is 0.782. The van der Waals surface area contributed by atoms with E-state index in [2.05, 4.69) is 0 Å². The van der Waals surface area contributed by atoms with Crippen LogP contribution in [0.5, 0.6) is 0 Å². The topological polar surface area (TPSA) is 83.8 Å². The molecule has 0 amide bonds. The Morgan fingerprint density at radius 1 is 1.40 bits per heavy atom. The Hall–Kier alpha value is -1.17. The number of halogens is 1. The molecule has 1 aliphatic heterocycles. The minimum atomic E-state index is -3.19. The third-order valence-corrected chi connectivity index (χ3v) is 2.50. The highest BCUT2D eigenvalue weighted by atomic mass is 19.1. The Morgan fingerprint density at radius 3 is 2.40 bits per heavy atom. The number of aliphatic carboxylic acids is 2. The molecule has 0 unspecified atom stereocenters. The summed E-state index contributed by atoms with van der Waals surface area (Å²) >= 11 is 0. The van der Waals surface area contributed by atoms with E-state index in [0.717, 1.165) is 0 Å². The van der Waals surface area contributed by atoms with Crippen LogP contribution in [0.2, 0.25) is 0 Å². The van der Waals surface area contributed by atoms with Gasteiger partial charge in [0.2, 0.25) is 0 Å². The molecule has 15 heavy (non-hydrogen) atoms. The second kappa shape index (κ2) is 4.57. The number of carboxylic acids is 2. The Balaban J connectivity index is 2.65. The summed E-state index contributed by atoms with van der Waals surface area (Å²) in [5, 5.41) is 17.1. The first-order valence-electron chi connectivity index (χ1n) is 4.70. The van der Waals surface area contributed by atoms with Crippen LogP contribution < -0.4 is 0 Å². The number of hydrogen-bond acceptors (Lipinski definition) is 3. The maximum absolute atomic E-state index is 13.6. The van der Waals surface area contributed by atoms with Gasteiger partial charge in [-0.15, -0.1) is 0 Å². The number of ether oxygens (including phenoxy) is 1. The molecule has 2 N–H and O–H groups in total. The zero-order valence-corrected chi connectivity index (χ0v) is 8.11. The van der Waals surface area contributed by atoms with E-state index in [-0.39, 0.29) is 12.5 Å².